The van der Waals surface area contributed by atoms with Gasteiger partial charge in [-0.15, -0.1) is 10.2 Å². The Hall–Kier alpha value is -2.52. The third-order valence-corrected chi connectivity index (χ3v) is 5.45. The van der Waals surface area contributed by atoms with Crippen molar-refractivity contribution in [3.8, 4) is 5.75 Å². The van der Waals surface area contributed by atoms with E-state index in [1.54, 1.807) is 19.4 Å². The second-order valence-corrected chi connectivity index (χ2v) is 7.85. The summed E-state index contributed by atoms with van der Waals surface area (Å²) in [4.78, 5) is 12.4. The smallest absolute Gasteiger partial charge is 0.237 e. The van der Waals surface area contributed by atoms with Crippen LogP contribution in [0.3, 0.4) is 0 Å². The molecule has 1 amide bonds. The summed E-state index contributed by atoms with van der Waals surface area (Å²) in [5.74, 6) is 1.41. The van der Waals surface area contributed by atoms with E-state index in [2.05, 4.69) is 20.8 Å². The fourth-order valence-electron chi connectivity index (χ4n) is 2.05. The molecule has 0 saturated heterocycles. The van der Waals surface area contributed by atoms with Gasteiger partial charge in [0.05, 0.1) is 25.2 Å². The zero-order valence-electron chi connectivity index (χ0n) is 14.3. The third kappa shape index (κ3) is 4.99. The van der Waals surface area contributed by atoms with Crippen molar-refractivity contribution in [3.05, 3.63) is 48.4 Å². The zero-order chi connectivity index (χ0) is 18.4. The minimum absolute atomic E-state index is 0.108. The van der Waals surface area contributed by atoms with E-state index in [0.717, 1.165) is 10.1 Å². The number of hydrogen-bond donors (Lipinski definition) is 2. The molecule has 2 heterocycles. The van der Waals surface area contributed by atoms with Crippen LogP contribution >= 0.6 is 23.1 Å². The Kier molecular flexibility index (Phi) is 6.13. The van der Waals surface area contributed by atoms with Crippen LogP contribution in [0.25, 0.3) is 0 Å². The number of rotatable bonds is 8. The maximum atomic E-state index is 12.4. The molecule has 9 heteroatoms. The van der Waals surface area contributed by atoms with Crippen molar-refractivity contribution in [2.24, 2.45) is 0 Å². The number of hydrogen-bond acceptors (Lipinski definition) is 8. The number of benzene rings is 1. The molecule has 2 aromatic heterocycles. The molecule has 0 aliphatic heterocycles. The summed E-state index contributed by atoms with van der Waals surface area (Å²) in [6.07, 6.45) is 1.63. The number of nitrogens with zero attached hydrogens (tertiary/aromatic N) is 2. The van der Waals surface area contributed by atoms with Crippen LogP contribution in [0.15, 0.2) is 51.4 Å². The lowest BCUT2D eigenvalue weighted by Crippen LogP contribution is -2.22. The third-order valence-electron chi connectivity index (χ3n) is 3.38. The Morgan fingerprint density at radius 1 is 1.35 bits per heavy atom. The number of ether oxygens (including phenoxy) is 1. The molecule has 0 saturated carbocycles. The molecule has 0 bridgehead atoms. The Morgan fingerprint density at radius 3 is 3.00 bits per heavy atom. The van der Waals surface area contributed by atoms with Crippen molar-refractivity contribution in [2.75, 3.05) is 17.7 Å². The van der Waals surface area contributed by atoms with Crippen molar-refractivity contribution in [2.45, 2.75) is 23.1 Å². The highest BCUT2D eigenvalue weighted by Gasteiger charge is 2.17. The standard InChI is InChI=1S/C17H18N4O3S2/c1-11(15(22)19-12-5-3-6-13(9-12)23-2)25-17-21-20-16(26-17)18-10-14-7-4-8-24-14/h3-9,11H,10H2,1-2H3,(H,18,20)(H,19,22)/t11-/m0/s1. The molecule has 1 atom stereocenters. The fraction of sp³-hybridized carbons (Fsp3) is 0.235. The molecule has 0 radical (unpaired) electrons. The first-order chi connectivity index (χ1) is 12.6. The summed E-state index contributed by atoms with van der Waals surface area (Å²) in [5, 5.41) is 14.6. The number of carbonyl (C=O) groups is 1. The quantitative estimate of drug-likeness (QED) is 0.564. The normalized spacial score (nSPS) is 11.8. The van der Waals surface area contributed by atoms with E-state index in [1.165, 1.54) is 23.1 Å². The second-order valence-electron chi connectivity index (χ2n) is 5.29. The number of amides is 1. The van der Waals surface area contributed by atoms with Crippen LogP contribution < -0.4 is 15.4 Å². The Labute approximate surface area is 159 Å². The van der Waals surface area contributed by atoms with Crippen LogP contribution in [0.1, 0.15) is 12.7 Å². The average Bonchev–Trinajstić information content (AvgIpc) is 3.31. The highest BCUT2D eigenvalue weighted by molar-refractivity contribution is 8.02. The largest absolute Gasteiger partial charge is 0.497 e. The molecular weight excluding hydrogens is 372 g/mol. The van der Waals surface area contributed by atoms with Crippen LogP contribution in [-0.4, -0.2) is 28.5 Å². The zero-order valence-corrected chi connectivity index (χ0v) is 15.9. The van der Waals surface area contributed by atoms with Gasteiger partial charge in [-0.2, -0.15) is 0 Å². The van der Waals surface area contributed by atoms with E-state index < -0.39 is 0 Å². The van der Waals surface area contributed by atoms with Gasteiger partial charge in [0, 0.05) is 11.8 Å². The van der Waals surface area contributed by atoms with Gasteiger partial charge in [-0.3, -0.25) is 4.79 Å². The van der Waals surface area contributed by atoms with Gasteiger partial charge in [-0.05, 0) is 31.2 Å². The summed E-state index contributed by atoms with van der Waals surface area (Å²) >= 11 is 2.76. The monoisotopic (exact) mass is 390 g/mol. The number of anilines is 2. The molecule has 0 aliphatic carbocycles. The summed E-state index contributed by atoms with van der Waals surface area (Å²) in [5.41, 5.74) is 0.694. The van der Waals surface area contributed by atoms with Crippen molar-refractivity contribution in [3.63, 3.8) is 0 Å². The second kappa shape index (κ2) is 8.72. The first-order valence-corrected chi connectivity index (χ1v) is 9.55. The number of nitrogens with one attached hydrogen (secondary N) is 2. The predicted molar refractivity (Wildman–Crippen MR) is 103 cm³/mol. The predicted octanol–water partition coefficient (Wildman–Crippen LogP) is 3.87. The van der Waals surface area contributed by atoms with Gasteiger partial charge < -0.3 is 19.8 Å². The maximum Gasteiger partial charge on any atom is 0.237 e. The van der Waals surface area contributed by atoms with E-state index in [9.17, 15) is 4.79 Å². The topological polar surface area (TPSA) is 89.3 Å². The summed E-state index contributed by atoms with van der Waals surface area (Å²) < 4.78 is 11.1. The lowest BCUT2D eigenvalue weighted by Gasteiger charge is -2.11. The fourth-order valence-corrected chi connectivity index (χ4v) is 3.95. The van der Waals surface area contributed by atoms with Crippen molar-refractivity contribution in [1.82, 2.24) is 10.2 Å². The van der Waals surface area contributed by atoms with Gasteiger partial charge in [0.15, 0.2) is 4.34 Å². The molecule has 136 valence electrons. The van der Waals surface area contributed by atoms with Crippen LogP contribution in [-0.2, 0) is 11.3 Å². The van der Waals surface area contributed by atoms with Crippen molar-refractivity contribution in [1.29, 1.82) is 0 Å². The Balaban J connectivity index is 1.52. The number of carbonyl (C=O) groups excluding carboxylic acids is 1. The molecule has 0 spiro atoms. The molecule has 7 nitrogen and oxygen atoms in total. The minimum Gasteiger partial charge on any atom is -0.497 e. The van der Waals surface area contributed by atoms with E-state index in [0.29, 0.717) is 23.1 Å². The summed E-state index contributed by atoms with van der Waals surface area (Å²) in [6.45, 7) is 2.37. The highest BCUT2D eigenvalue weighted by Crippen LogP contribution is 2.30. The molecular formula is C17H18N4O3S2. The number of methoxy groups -OCH3 is 1. The number of thioether (sulfide) groups is 1. The molecule has 3 aromatic rings. The summed E-state index contributed by atoms with van der Waals surface area (Å²) in [6, 6.07) is 11.0. The van der Waals surface area contributed by atoms with E-state index in [-0.39, 0.29) is 11.2 Å². The van der Waals surface area contributed by atoms with Gasteiger partial charge >= 0.3 is 0 Å². The van der Waals surface area contributed by atoms with Crippen LogP contribution in [0.4, 0.5) is 10.8 Å². The van der Waals surface area contributed by atoms with Crippen LogP contribution in [0.2, 0.25) is 0 Å². The first kappa shape index (κ1) is 18.3. The van der Waals surface area contributed by atoms with Gasteiger partial charge in [0.25, 0.3) is 0 Å². The van der Waals surface area contributed by atoms with E-state index in [1.807, 2.05) is 37.3 Å². The lowest BCUT2D eigenvalue weighted by atomic mass is 10.3. The average molecular weight is 390 g/mol. The van der Waals surface area contributed by atoms with Crippen LogP contribution in [0.5, 0.6) is 5.75 Å². The molecule has 3 rings (SSSR count). The molecule has 2 N–H and O–H groups in total. The summed E-state index contributed by atoms with van der Waals surface area (Å²) in [7, 11) is 1.59. The van der Waals surface area contributed by atoms with Gasteiger partial charge in [-0.1, -0.05) is 29.2 Å². The maximum absolute atomic E-state index is 12.4. The van der Waals surface area contributed by atoms with E-state index in [4.69, 9.17) is 9.15 Å². The van der Waals surface area contributed by atoms with Gasteiger partial charge in [-0.25, -0.2) is 0 Å². The number of aromatic nitrogens is 2. The molecule has 1 aromatic carbocycles. The first-order valence-electron chi connectivity index (χ1n) is 7.85. The lowest BCUT2D eigenvalue weighted by molar-refractivity contribution is -0.115. The van der Waals surface area contributed by atoms with Gasteiger partial charge in [0.2, 0.25) is 11.0 Å². The number of furan rings is 1. The van der Waals surface area contributed by atoms with Gasteiger partial charge in [0.1, 0.15) is 11.5 Å². The molecule has 26 heavy (non-hydrogen) atoms. The van der Waals surface area contributed by atoms with Crippen LogP contribution in [0, 0.1) is 0 Å². The Morgan fingerprint density at radius 2 is 2.23 bits per heavy atom. The minimum atomic E-state index is -0.313. The van der Waals surface area contributed by atoms with E-state index >= 15 is 0 Å². The molecule has 0 fully saturated rings. The van der Waals surface area contributed by atoms with Crippen molar-refractivity contribution < 1.29 is 13.9 Å². The highest BCUT2D eigenvalue weighted by atomic mass is 32.2. The Bertz CT molecular complexity index is 851. The molecule has 0 aliphatic rings. The van der Waals surface area contributed by atoms with Crippen molar-refractivity contribution >= 4 is 39.8 Å². The molecule has 0 unspecified atom stereocenters. The SMILES string of the molecule is COc1cccc(NC(=O)[C@H](C)Sc2nnc(NCc3ccco3)s2)c1.